The van der Waals surface area contributed by atoms with E-state index < -0.39 is 11.8 Å². The van der Waals surface area contributed by atoms with Gasteiger partial charge in [-0.2, -0.15) is 5.26 Å². The molecule has 1 aromatic rings. The van der Waals surface area contributed by atoms with Crippen molar-refractivity contribution >= 4 is 11.7 Å². The van der Waals surface area contributed by atoms with Crippen LogP contribution in [0.15, 0.2) is 12.1 Å². The van der Waals surface area contributed by atoms with Gasteiger partial charge in [-0.05, 0) is 12.1 Å². The van der Waals surface area contributed by atoms with E-state index in [9.17, 15) is 9.18 Å². The van der Waals surface area contributed by atoms with Crippen LogP contribution in [0.2, 0.25) is 0 Å². The van der Waals surface area contributed by atoms with Crippen LogP contribution in [0.3, 0.4) is 0 Å². The van der Waals surface area contributed by atoms with Gasteiger partial charge in [0.15, 0.2) is 0 Å². The fourth-order valence-corrected chi connectivity index (χ4v) is 0.955. The van der Waals surface area contributed by atoms with E-state index in [-0.39, 0.29) is 16.8 Å². The molecule has 0 fully saturated rings. The lowest BCUT2D eigenvalue weighted by molar-refractivity contribution is 0.0697. The summed E-state index contributed by atoms with van der Waals surface area (Å²) in [6, 6.07) is 3.26. The van der Waals surface area contributed by atoms with Crippen molar-refractivity contribution in [1.82, 2.24) is 0 Å². The molecule has 0 unspecified atom stereocenters. The first kappa shape index (κ1) is 9.00. The molecule has 0 aliphatic rings. The summed E-state index contributed by atoms with van der Waals surface area (Å²) in [5.41, 5.74) is 4.35. The number of carboxylic acid groups (broad SMARTS) is 1. The van der Waals surface area contributed by atoms with Crippen molar-refractivity contribution in [3.63, 3.8) is 0 Å². The quantitative estimate of drug-likeness (QED) is 0.630. The Labute approximate surface area is 73.0 Å². The van der Waals surface area contributed by atoms with Crippen LogP contribution in [0.1, 0.15) is 15.9 Å². The van der Waals surface area contributed by atoms with Crippen LogP contribution in [0, 0.1) is 17.1 Å². The molecule has 1 aromatic carbocycles. The van der Waals surface area contributed by atoms with E-state index in [1.54, 1.807) is 6.07 Å². The first-order chi connectivity index (χ1) is 6.06. The highest BCUT2D eigenvalue weighted by molar-refractivity contribution is 5.96. The largest absolute Gasteiger partial charge is 0.478 e. The third-order valence-corrected chi connectivity index (χ3v) is 1.47. The van der Waals surface area contributed by atoms with E-state index in [1.165, 1.54) is 0 Å². The molecular formula is C8H5FN2O2. The fourth-order valence-electron chi connectivity index (χ4n) is 0.955. The van der Waals surface area contributed by atoms with E-state index in [0.29, 0.717) is 0 Å². The van der Waals surface area contributed by atoms with Crippen LogP contribution in [0.4, 0.5) is 10.1 Å². The van der Waals surface area contributed by atoms with Crippen molar-refractivity contribution in [3.05, 3.63) is 29.1 Å². The number of nitriles is 1. The third-order valence-electron chi connectivity index (χ3n) is 1.47. The smallest absolute Gasteiger partial charge is 0.339 e. The number of halogens is 1. The molecule has 0 atom stereocenters. The van der Waals surface area contributed by atoms with Crippen LogP contribution >= 0.6 is 0 Å². The molecule has 0 saturated heterocycles. The SMILES string of the molecule is N#Cc1cc(F)cc(N)c1C(=O)O. The predicted octanol–water partition coefficient (Wildman–Crippen LogP) is 0.978. The van der Waals surface area contributed by atoms with Crippen LogP contribution in [0.5, 0.6) is 0 Å². The number of rotatable bonds is 1. The molecule has 3 N–H and O–H groups in total. The summed E-state index contributed by atoms with van der Waals surface area (Å²) in [5, 5.41) is 17.1. The number of nitrogens with zero attached hydrogens (tertiary/aromatic N) is 1. The molecular weight excluding hydrogens is 175 g/mol. The third kappa shape index (κ3) is 1.56. The normalized spacial score (nSPS) is 9.23. The lowest BCUT2D eigenvalue weighted by atomic mass is 10.1. The molecule has 0 aromatic heterocycles. The first-order valence-corrected chi connectivity index (χ1v) is 3.28. The standard InChI is InChI=1S/C8H5FN2O2/c9-5-1-4(3-10)7(8(12)13)6(11)2-5/h1-2H,11H2,(H,12,13). The van der Waals surface area contributed by atoms with Gasteiger partial charge in [-0.3, -0.25) is 0 Å². The van der Waals surface area contributed by atoms with E-state index in [1.807, 2.05) is 0 Å². The van der Waals surface area contributed by atoms with Gasteiger partial charge in [-0.15, -0.1) is 0 Å². The van der Waals surface area contributed by atoms with Gasteiger partial charge in [0, 0.05) is 0 Å². The van der Waals surface area contributed by atoms with E-state index in [4.69, 9.17) is 16.1 Å². The molecule has 66 valence electrons. The molecule has 0 bridgehead atoms. The second-order valence-electron chi connectivity index (χ2n) is 2.33. The van der Waals surface area contributed by atoms with Crippen LogP contribution < -0.4 is 5.73 Å². The second-order valence-corrected chi connectivity index (χ2v) is 2.33. The van der Waals surface area contributed by atoms with Crippen LogP contribution in [-0.2, 0) is 0 Å². The van der Waals surface area contributed by atoms with Gasteiger partial charge >= 0.3 is 5.97 Å². The van der Waals surface area contributed by atoms with E-state index in [0.717, 1.165) is 12.1 Å². The summed E-state index contributed by atoms with van der Waals surface area (Å²) < 4.78 is 12.6. The summed E-state index contributed by atoms with van der Waals surface area (Å²) in [5.74, 6) is -2.06. The van der Waals surface area contributed by atoms with Crippen molar-refractivity contribution in [2.24, 2.45) is 0 Å². The Kier molecular flexibility index (Phi) is 2.15. The van der Waals surface area contributed by atoms with Gasteiger partial charge in [0.05, 0.1) is 11.3 Å². The summed E-state index contributed by atoms with van der Waals surface area (Å²) in [4.78, 5) is 10.6. The Bertz CT molecular complexity index is 409. The minimum absolute atomic E-state index is 0.246. The summed E-state index contributed by atoms with van der Waals surface area (Å²) in [7, 11) is 0. The number of hydrogen-bond acceptors (Lipinski definition) is 3. The zero-order valence-corrected chi connectivity index (χ0v) is 6.41. The number of benzene rings is 1. The van der Waals surface area contributed by atoms with Gasteiger partial charge in [-0.25, -0.2) is 9.18 Å². The molecule has 1 rings (SSSR count). The molecule has 0 amide bonds. The van der Waals surface area contributed by atoms with Crippen molar-refractivity contribution in [1.29, 1.82) is 5.26 Å². The Hall–Kier alpha value is -2.09. The Morgan fingerprint density at radius 3 is 2.69 bits per heavy atom. The lowest BCUT2D eigenvalue weighted by Crippen LogP contribution is -2.06. The lowest BCUT2D eigenvalue weighted by Gasteiger charge is -2.02. The van der Waals surface area contributed by atoms with E-state index in [2.05, 4.69) is 0 Å². The van der Waals surface area contributed by atoms with Gasteiger partial charge in [0.25, 0.3) is 0 Å². The molecule has 13 heavy (non-hydrogen) atoms. The molecule has 0 aliphatic carbocycles. The average molecular weight is 180 g/mol. The summed E-state index contributed by atoms with van der Waals surface area (Å²) in [6.45, 7) is 0. The van der Waals surface area contributed by atoms with Gasteiger partial charge in [0.2, 0.25) is 0 Å². The number of anilines is 1. The van der Waals surface area contributed by atoms with Crippen molar-refractivity contribution in [2.75, 3.05) is 5.73 Å². The van der Waals surface area contributed by atoms with Crippen molar-refractivity contribution in [2.45, 2.75) is 0 Å². The van der Waals surface area contributed by atoms with E-state index >= 15 is 0 Å². The number of aromatic carboxylic acids is 1. The molecule has 0 heterocycles. The molecule has 0 radical (unpaired) electrons. The maximum atomic E-state index is 12.6. The minimum atomic E-state index is -1.34. The number of nitrogens with two attached hydrogens (primary N) is 1. The molecule has 0 aliphatic heterocycles. The van der Waals surface area contributed by atoms with Gasteiger partial charge in [-0.1, -0.05) is 0 Å². The van der Waals surface area contributed by atoms with Crippen molar-refractivity contribution in [3.8, 4) is 6.07 Å². The highest BCUT2D eigenvalue weighted by Gasteiger charge is 2.15. The van der Waals surface area contributed by atoms with Crippen LogP contribution in [0.25, 0.3) is 0 Å². The number of nitrogen functional groups attached to an aromatic ring is 1. The van der Waals surface area contributed by atoms with Gasteiger partial charge in [0.1, 0.15) is 17.4 Å². The average Bonchev–Trinajstić information content (AvgIpc) is 2.01. The maximum absolute atomic E-state index is 12.6. The Balaban J connectivity index is 3.50. The van der Waals surface area contributed by atoms with Crippen LogP contribution in [-0.4, -0.2) is 11.1 Å². The molecule has 0 spiro atoms. The monoisotopic (exact) mass is 180 g/mol. The predicted molar refractivity (Wildman–Crippen MR) is 42.5 cm³/mol. The number of carboxylic acids is 1. The zero-order valence-electron chi connectivity index (χ0n) is 6.41. The maximum Gasteiger partial charge on any atom is 0.339 e. The Morgan fingerprint density at radius 2 is 2.23 bits per heavy atom. The molecule has 5 heteroatoms. The number of carbonyl (C=O) groups is 1. The molecule has 4 nitrogen and oxygen atoms in total. The topological polar surface area (TPSA) is 87.1 Å². The first-order valence-electron chi connectivity index (χ1n) is 3.28. The highest BCUT2D eigenvalue weighted by Crippen LogP contribution is 2.18. The summed E-state index contributed by atoms with van der Waals surface area (Å²) >= 11 is 0. The summed E-state index contributed by atoms with van der Waals surface area (Å²) in [6.07, 6.45) is 0. The highest BCUT2D eigenvalue weighted by atomic mass is 19.1. The van der Waals surface area contributed by atoms with Crippen molar-refractivity contribution < 1.29 is 14.3 Å². The fraction of sp³-hybridized carbons (Fsp3) is 0. The molecule has 0 saturated carbocycles. The van der Waals surface area contributed by atoms with Gasteiger partial charge < -0.3 is 10.8 Å². The second kappa shape index (κ2) is 3.11. The number of hydrogen-bond donors (Lipinski definition) is 2. The minimum Gasteiger partial charge on any atom is -0.478 e. The zero-order chi connectivity index (χ0) is 10.0. The Morgan fingerprint density at radius 1 is 1.62 bits per heavy atom.